The molecule has 0 saturated heterocycles. The average Bonchev–Trinajstić information content (AvgIpc) is 2.97. The Balaban J connectivity index is 0.000001000. The van der Waals surface area contributed by atoms with Crippen LogP contribution in [-0.4, -0.2) is 0 Å². The molecule has 0 atom stereocenters. The van der Waals surface area contributed by atoms with Crippen LogP contribution in [-0.2, 0) is 23.2 Å². The number of hydrogen-bond donors (Lipinski definition) is 0. The van der Waals surface area contributed by atoms with Crippen molar-refractivity contribution in [3.05, 3.63) is 42.5 Å². The van der Waals surface area contributed by atoms with Crippen LogP contribution in [0.25, 0.3) is 0 Å². The molecular weight excluding hydrogens is 366 g/mol. The summed E-state index contributed by atoms with van der Waals surface area (Å²) in [4.78, 5) is 0. The molecule has 110 valence electrons. The summed E-state index contributed by atoms with van der Waals surface area (Å²) in [5.74, 6) is 0.914. The average molecular weight is 391 g/mol. The molecule has 0 aromatic rings. The third-order valence-electron chi connectivity index (χ3n) is 4.35. The Morgan fingerprint density at radius 2 is 1.65 bits per heavy atom. The van der Waals surface area contributed by atoms with E-state index in [1.54, 1.807) is 8.85 Å². The van der Waals surface area contributed by atoms with E-state index in [2.05, 4.69) is 30.4 Å². The van der Waals surface area contributed by atoms with Gasteiger partial charge in [0.05, 0.1) is 0 Å². The standard InChI is InChI=1S/C12H17.C5H5.2ClH.Zr/c1-2-4-8-11(7-3-1)12-9-5-6-10-12;1-2-4-5-3-1;;;/h5,9,11H,1-4,6-8H2;1-3H,4H2;2*1H;. The third kappa shape index (κ3) is 4.72. The molecule has 0 aliphatic heterocycles. The van der Waals surface area contributed by atoms with Crippen LogP contribution in [0.1, 0.15) is 51.4 Å². The summed E-state index contributed by atoms with van der Waals surface area (Å²) in [5, 5.41) is 0. The van der Waals surface area contributed by atoms with Crippen molar-refractivity contribution in [2.45, 2.75) is 51.4 Å². The van der Waals surface area contributed by atoms with Crippen molar-refractivity contribution in [3.63, 3.8) is 0 Å². The van der Waals surface area contributed by atoms with E-state index in [0.717, 1.165) is 5.92 Å². The molecule has 1 fully saturated rings. The molecule has 0 bridgehead atoms. The van der Waals surface area contributed by atoms with Crippen molar-refractivity contribution in [3.8, 4) is 0 Å². The minimum absolute atomic E-state index is 0. The monoisotopic (exact) mass is 388 g/mol. The molecule has 0 aromatic heterocycles. The molecule has 3 heteroatoms. The van der Waals surface area contributed by atoms with Gasteiger partial charge in [0.25, 0.3) is 0 Å². The third-order valence-corrected chi connectivity index (χ3v) is 8.00. The SMILES string of the molecule is C1=CC[C]([Zr][C]2=C(C3CCCCCC3)C=CC2)=C1.Cl.Cl. The first-order chi connectivity index (χ1) is 8.93. The van der Waals surface area contributed by atoms with Crippen LogP contribution in [0.15, 0.2) is 42.5 Å². The van der Waals surface area contributed by atoms with Gasteiger partial charge in [0.2, 0.25) is 0 Å². The van der Waals surface area contributed by atoms with Gasteiger partial charge in [0, 0.05) is 0 Å². The first-order valence-electron chi connectivity index (χ1n) is 7.46. The van der Waals surface area contributed by atoms with Crippen LogP contribution in [0.4, 0.5) is 0 Å². The first-order valence-corrected chi connectivity index (χ1v) is 9.91. The van der Waals surface area contributed by atoms with Crippen LogP contribution in [0.3, 0.4) is 0 Å². The Hall–Kier alpha value is 0.423. The number of rotatable bonds is 3. The fraction of sp³-hybridized carbons (Fsp3) is 0.529. The van der Waals surface area contributed by atoms with Gasteiger partial charge in [-0.1, -0.05) is 0 Å². The van der Waals surface area contributed by atoms with E-state index in [1.807, 2.05) is 3.28 Å². The second kappa shape index (κ2) is 9.44. The van der Waals surface area contributed by atoms with E-state index < -0.39 is 23.2 Å². The van der Waals surface area contributed by atoms with Gasteiger partial charge in [-0.3, -0.25) is 0 Å². The van der Waals surface area contributed by atoms with Gasteiger partial charge < -0.3 is 0 Å². The Labute approximate surface area is 147 Å². The van der Waals surface area contributed by atoms with Gasteiger partial charge in [-0.25, -0.2) is 0 Å². The Morgan fingerprint density at radius 3 is 2.30 bits per heavy atom. The van der Waals surface area contributed by atoms with Crippen molar-refractivity contribution in [1.82, 2.24) is 0 Å². The number of halogens is 2. The summed E-state index contributed by atoms with van der Waals surface area (Å²) in [6, 6.07) is 0. The van der Waals surface area contributed by atoms with Gasteiger partial charge in [-0.15, -0.1) is 24.8 Å². The zero-order valence-electron chi connectivity index (χ0n) is 11.9. The smallest absolute Gasteiger partial charge is 0.147 e. The first kappa shape index (κ1) is 18.5. The summed E-state index contributed by atoms with van der Waals surface area (Å²) >= 11 is -0.427. The van der Waals surface area contributed by atoms with Crippen LogP contribution < -0.4 is 0 Å². The minimum Gasteiger partial charge on any atom is -0.147 e. The molecule has 3 aliphatic carbocycles. The van der Waals surface area contributed by atoms with Crippen molar-refractivity contribution < 1.29 is 23.2 Å². The summed E-state index contributed by atoms with van der Waals surface area (Å²) in [5.41, 5.74) is 1.79. The van der Waals surface area contributed by atoms with E-state index in [4.69, 9.17) is 0 Å². The van der Waals surface area contributed by atoms with Crippen molar-refractivity contribution >= 4 is 24.8 Å². The predicted molar refractivity (Wildman–Crippen MR) is 88.3 cm³/mol. The maximum absolute atomic E-state index is 2.48. The Kier molecular flexibility index (Phi) is 8.72. The van der Waals surface area contributed by atoms with E-state index in [9.17, 15) is 0 Å². The summed E-state index contributed by atoms with van der Waals surface area (Å²) in [6.07, 6.45) is 23.2. The normalized spacial score (nSPS) is 22.1. The zero-order valence-corrected chi connectivity index (χ0v) is 16.0. The van der Waals surface area contributed by atoms with E-state index in [-0.39, 0.29) is 24.8 Å². The number of allylic oxidation sites excluding steroid dienone is 8. The molecule has 0 heterocycles. The maximum atomic E-state index is 2.48. The Morgan fingerprint density at radius 1 is 0.900 bits per heavy atom. The van der Waals surface area contributed by atoms with Crippen LogP contribution >= 0.6 is 24.8 Å². The molecule has 3 rings (SSSR count). The fourth-order valence-electron chi connectivity index (χ4n) is 3.35. The molecule has 0 radical (unpaired) electrons. The van der Waals surface area contributed by atoms with E-state index in [0.29, 0.717) is 0 Å². The summed E-state index contributed by atoms with van der Waals surface area (Å²) in [6.45, 7) is 0. The molecule has 0 unspecified atom stereocenters. The fourth-order valence-corrected chi connectivity index (χ4v) is 6.89. The molecule has 20 heavy (non-hydrogen) atoms. The van der Waals surface area contributed by atoms with Crippen molar-refractivity contribution in [2.24, 2.45) is 5.92 Å². The molecule has 3 aliphatic rings. The van der Waals surface area contributed by atoms with Gasteiger partial charge in [0.1, 0.15) is 0 Å². The molecule has 0 amide bonds. The summed E-state index contributed by atoms with van der Waals surface area (Å²) in [7, 11) is 0. The zero-order chi connectivity index (χ0) is 12.2. The molecular formula is C17H24Cl2Zr. The Bertz CT molecular complexity index is 424. The van der Waals surface area contributed by atoms with Gasteiger partial charge in [-0.2, -0.15) is 0 Å². The number of hydrogen-bond acceptors (Lipinski definition) is 0. The van der Waals surface area contributed by atoms with Crippen molar-refractivity contribution in [2.75, 3.05) is 0 Å². The quantitative estimate of drug-likeness (QED) is 0.523. The van der Waals surface area contributed by atoms with E-state index in [1.165, 1.54) is 51.4 Å². The van der Waals surface area contributed by atoms with Crippen LogP contribution in [0, 0.1) is 5.92 Å². The topological polar surface area (TPSA) is 0 Å². The van der Waals surface area contributed by atoms with Crippen LogP contribution in [0.2, 0.25) is 0 Å². The van der Waals surface area contributed by atoms with Gasteiger partial charge in [0.15, 0.2) is 0 Å². The summed E-state index contributed by atoms with van der Waals surface area (Å²) < 4.78 is 3.67. The maximum Gasteiger partial charge on any atom is -0.147 e. The molecule has 0 spiro atoms. The van der Waals surface area contributed by atoms with Crippen molar-refractivity contribution in [1.29, 1.82) is 0 Å². The van der Waals surface area contributed by atoms with E-state index >= 15 is 0 Å². The second-order valence-corrected chi connectivity index (χ2v) is 9.35. The predicted octanol–water partition coefficient (Wildman–Crippen LogP) is 5.94. The largest absolute Gasteiger partial charge is 0.147 e. The molecule has 1 saturated carbocycles. The molecule has 0 N–H and O–H groups in total. The molecule has 0 aromatic carbocycles. The minimum atomic E-state index is -0.427. The second-order valence-electron chi connectivity index (χ2n) is 5.68. The molecule has 0 nitrogen and oxygen atoms in total. The van der Waals surface area contributed by atoms with Gasteiger partial charge >= 0.3 is 123 Å². The van der Waals surface area contributed by atoms with Crippen LogP contribution in [0.5, 0.6) is 0 Å². The van der Waals surface area contributed by atoms with Gasteiger partial charge in [-0.05, 0) is 0 Å².